The standard InChI is InChI=1S/C14H12ClN3O2S/c15-9-14(16)17-10-6-11(18(19)20)8-13(7-10)21-12-4-2-1-3-5-12/h1-8H,9H2,(H2,16,17). The highest BCUT2D eigenvalue weighted by molar-refractivity contribution is 7.99. The van der Waals surface area contributed by atoms with Gasteiger partial charge in [0.1, 0.15) is 5.84 Å². The number of aliphatic imine (C=N–C) groups is 1. The maximum Gasteiger partial charge on any atom is 0.272 e. The van der Waals surface area contributed by atoms with Crippen LogP contribution in [0.25, 0.3) is 0 Å². The second-order valence-electron chi connectivity index (χ2n) is 4.09. The van der Waals surface area contributed by atoms with Crippen LogP contribution in [-0.4, -0.2) is 16.6 Å². The Hall–Kier alpha value is -2.05. The number of non-ortho nitro benzene ring substituents is 1. The first-order valence-electron chi connectivity index (χ1n) is 6.00. The number of nitro groups is 1. The largest absolute Gasteiger partial charge is 0.386 e. The number of benzene rings is 2. The minimum atomic E-state index is -0.453. The molecule has 2 aromatic rings. The van der Waals surface area contributed by atoms with Gasteiger partial charge < -0.3 is 5.73 Å². The fraction of sp³-hybridized carbons (Fsp3) is 0.0714. The molecule has 0 saturated carbocycles. The monoisotopic (exact) mass is 321 g/mol. The maximum absolute atomic E-state index is 11.0. The zero-order valence-corrected chi connectivity index (χ0v) is 12.5. The zero-order valence-electron chi connectivity index (χ0n) is 10.9. The zero-order chi connectivity index (χ0) is 15.2. The Morgan fingerprint density at radius 3 is 2.57 bits per heavy atom. The minimum Gasteiger partial charge on any atom is -0.386 e. The van der Waals surface area contributed by atoms with Crippen LogP contribution >= 0.6 is 23.4 Å². The Kier molecular flexibility index (Phi) is 5.19. The van der Waals surface area contributed by atoms with Crippen molar-refractivity contribution in [2.45, 2.75) is 9.79 Å². The number of rotatable bonds is 5. The third-order valence-electron chi connectivity index (χ3n) is 2.48. The molecule has 0 spiro atoms. The van der Waals surface area contributed by atoms with Crippen molar-refractivity contribution in [2.75, 3.05) is 5.88 Å². The number of nitrogens with two attached hydrogens (primary N) is 1. The van der Waals surface area contributed by atoms with E-state index in [1.807, 2.05) is 30.3 Å². The van der Waals surface area contributed by atoms with E-state index in [1.54, 1.807) is 6.07 Å². The summed E-state index contributed by atoms with van der Waals surface area (Å²) in [6.45, 7) is 0. The van der Waals surface area contributed by atoms with E-state index in [9.17, 15) is 10.1 Å². The lowest BCUT2D eigenvalue weighted by Gasteiger charge is -2.04. The van der Waals surface area contributed by atoms with E-state index in [-0.39, 0.29) is 17.4 Å². The molecule has 2 rings (SSSR count). The molecule has 7 heteroatoms. The van der Waals surface area contributed by atoms with Crippen molar-refractivity contribution in [1.29, 1.82) is 0 Å². The SMILES string of the molecule is NC(CCl)=Nc1cc(Sc2ccccc2)cc([N+](=O)[O-])c1. The Morgan fingerprint density at radius 2 is 1.95 bits per heavy atom. The van der Waals surface area contributed by atoms with Crippen LogP contribution in [0, 0.1) is 10.1 Å². The van der Waals surface area contributed by atoms with Crippen molar-refractivity contribution < 1.29 is 4.92 Å². The summed E-state index contributed by atoms with van der Waals surface area (Å²) < 4.78 is 0. The number of hydrogen-bond acceptors (Lipinski definition) is 4. The first-order valence-corrected chi connectivity index (χ1v) is 7.35. The van der Waals surface area contributed by atoms with Gasteiger partial charge in [-0.25, -0.2) is 4.99 Å². The van der Waals surface area contributed by atoms with Crippen molar-refractivity contribution >= 4 is 40.6 Å². The molecule has 21 heavy (non-hydrogen) atoms. The molecule has 5 nitrogen and oxygen atoms in total. The number of alkyl halides is 1. The van der Waals surface area contributed by atoms with Gasteiger partial charge in [0, 0.05) is 21.9 Å². The molecule has 2 N–H and O–H groups in total. The van der Waals surface area contributed by atoms with Crippen LogP contribution in [0.2, 0.25) is 0 Å². The molecule has 0 aliphatic heterocycles. The quantitative estimate of drug-likeness (QED) is 0.297. The first kappa shape index (κ1) is 15.3. The van der Waals surface area contributed by atoms with Gasteiger partial charge in [-0.3, -0.25) is 10.1 Å². The van der Waals surface area contributed by atoms with Crippen LogP contribution in [0.3, 0.4) is 0 Å². The molecule has 2 aromatic carbocycles. The molecular formula is C14H12ClN3O2S. The molecule has 0 heterocycles. The van der Waals surface area contributed by atoms with Crippen LogP contribution in [0.4, 0.5) is 11.4 Å². The first-order chi connectivity index (χ1) is 10.1. The maximum atomic E-state index is 11.0. The normalized spacial score (nSPS) is 11.4. The van der Waals surface area contributed by atoms with Crippen LogP contribution < -0.4 is 5.73 Å². The molecule has 0 fully saturated rings. The number of nitro benzene ring substituents is 1. The Balaban J connectivity index is 2.38. The molecule has 0 radical (unpaired) electrons. The summed E-state index contributed by atoms with van der Waals surface area (Å²) in [6, 6.07) is 14.2. The third-order valence-corrected chi connectivity index (χ3v) is 3.73. The molecule has 0 amide bonds. The highest BCUT2D eigenvalue weighted by Crippen LogP contribution is 2.33. The lowest BCUT2D eigenvalue weighted by atomic mass is 10.3. The summed E-state index contributed by atoms with van der Waals surface area (Å²) in [6.07, 6.45) is 0. The second kappa shape index (κ2) is 7.10. The second-order valence-corrected chi connectivity index (χ2v) is 5.51. The van der Waals surface area contributed by atoms with E-state index in [2.05, 4.69) is 4.99 Å². The Labute approximate surface area is 131 Å². The van der Waals surface area contributed by atoms with E-state index in [0.29, 0.717) is 5.69 Å². The van der Waals surface area contributed by atoms with Gasteiger partial charge >= 0.3 is 0 Å². The van der Waals surface area contributed by atoms with E-state index in [0.717, 1.165) is 9.79 Å². The summed E-state index contributed by atoms with van der Waals surface area (Å²) in [7, 11) is 0. The molecule has 0 aromatic heterocycles. The molecule has 0 bridgehead atoms. The predicted molar refractivity (Wildman–Crippen MR) is 85.7 cm³/mol. The number of halogens is 1. The van der Waals surface area contributed by atoms with Crippen molar-refractivity contribution in [1.82, 2.24) is 0 Å². The highest BCUT2D eigenvalue weighted by Gasteiger charge is 2.11. The molecule has 0 atom stereocenters. The number of hydrogen-bond donors (Lipinski definition) is 1. The molecule has 0 aliphatic carbocycles. The van der Waals surface area contributed by atoms with E-state index >= 15 is 0 Å². The van der Waals surface area contributed by atoms with Gasteiger partial charge in [0.15, 0.2) is 0 Å². The van der Waals surface area contributed by atoms with Gasteiger partial charge in [0.05, 0.1) is 16.5 Å². The van der Waals surface area contributed by atoms with Gasteiger partial charge in [-0.1, -0.05) is 30.0 Å². The van der Waals surface area contributed by atoms with Gasteiger partial charge in [0.2, 0.25) is 0 Å². The van der Waals surface area contributed by atoms with Crippen LogP contribution in [0.5, 0.6) is 0 Å². The molecule has 0 saturated heterocycles. The molecule has 108 valence electrons. The lowest BCUT2D eigenvalue weighted by Crippen LogP contribution is -2.12. The molecule has 0 aliphatic rings. The third kappa shape index (κ3) is 4.47. The van der Waals surface area contributed by atoms with E-state index in [1.165, 1.54) is 23.9 Å². The average molecular weight is 322 g/mol. The lowest BCUT2D eigenvalue weighted by molar-refractivity contribution is -0.385. The van der Waals surface area contributed by atoms with Crippen LogP contribution in [-0.2, 0) is 0 Å². The Bertz CT molecular complexity index is 677. The van der Waals surface area contributed by atoms with Crippen molar-refractivity contribution in [3.63, 3.8) is 0 Å². The van der Waals surface area contributed by atoms with Gasteiger partial charge in [-0.05, 0) is 18.2 Å². The van der Waals surface area contributed by atoms with E-state index in [4.69, 9.17) is 17.3 Å². The average Bonchev–Trinajstić information content (AvgIpc) is 2.47. The van der Waals surface area contributed by atoms with Crippen molar-refractivity contribution in [3.8, 4) is 0 Å². The summed E-state index contributed by atoms with van der Waals surface area (Å²) in [5, 5.41) is 11.0. The summed E-state index contributed by atoms with van der Waals surface area (Å²) in [5.74, 6) is 0.289. The van der Waals surface area contributed by atoms with E-state index < -0.39 is 4.92 Å². The van der Waals surface area contributed by atoms with Crippen molar-refractivity contribution in [3.05, 3.63) is 58.6 Å². The molecule has 0 unspecified atom stereocenters. The fourth-order valence-corrected chi connectivity index (χ4v) is 2.60. The Morgan fingerprint density at radius 1 is 1.24 bits per heavy atom. The topological polar surface area (TPSA) is 81.5 Å². The number of amidine groups is 1. The summed E-state index contributed by atoms with van der Waals surface area (Å²) in [4.78, 5) is 16.3. The number of nitrogens with zero attached hydrogens (tertiary/aromatic N) is 2. The fourth-order valence-electron chi connectivity index (χ4n) is 1.62. The van der Waals surface area contributed by atoms with Crippen LogP contribution in [0.15, 0.2) is 63.3 Å². The minimum absolute atomic E-state index is 0.0305. The van der Waals surface area contributed by atoms with Gasteiger partial charge in [-0.2, -0.15) is 0 Å². The summed E-state index contributed by atoms with van der Waals surface area (Å²) in [5.41, 5.74) is 5.96. The van der Waals surface area contributed by atoms with Crippen LogP contribution in [0.1, 0.15) is 0 Å². The predicted octanol–water partition coefficient (Wildman–Crippen LogP) is 3.97. The summed E-state index contributed by atoms with van der Waals surface area (Å²) >= 11 is 7.00. The van der Waals surface area contributed by atoms with Gasteiger partial charge in [-0.15, -0.1) is 11.6 Å². The smallest absolute Gasteiger partial charge is 0.272 e. The molecular weight excluding hydrogens is 310 g/mol. The highest BCUT2D eigenvalue weighted by atomic mass is 35.5. The van der Waals surface area contributed by atoms with Gasteiger partial charge in [0.25, 0.3) is 5.69 Å². The van der Waals surface area contributed by atoms with Crippen molar-refractivity contribution in [2.24, 2.45) is 10.7 Å².